The molecule has 0 heterocycles. The van der Waals surface area contributed by atoms with E-state index in [-0.39, 0.29) is 30.3 Å². The topological polar surface area (TPSA) is 55.6 Å². The molecular formula is C13H29ClN2O2. The molecule has 0 spiro atoms. The smallest absolute Gasteiger partial charge is 0.239 e. The van der Waals surface area contributed by atoms with Gasteiger partial charge >= 0.3 is 0 Å². The number of hydrogen-bond donors (Lipinski definition) is 1. The predicted octanol–water partition coefficient (Wildman–Crippen LogP) is 2.06. The van der Waals surface area contributed by atoms with E-state index in [1.165, 1.54) is 0 Å². The van der Waals surface area contributed by atoms with E-state index in [1.54, 1.807) is 7.11 Å². The van der Waals surface area contributed by atoms with Crippen molar-refractivity contribution in [1.82, 2.24) is 4.90 Å². The van der Waals surface area contributed by atoms with Gasteiger partial charge in [0.05, 0.1) is 12.6 Å². The van der Waals surface area contributed by atoms with Crippen molar-refractivity contribution >= 4 is 18.3 Å². The second kappa shape index (κ2) is 11.8. The number of nitrogens with two attached hydrogens (primary N) is 1. The Morgan fingerprint density at radius 1 is 1.33 bits per heavy atom. The van der Waals surface area contributed by atoms with Gasteiger partial charge in [0.1, 0.15) is 0 Å². The highest BCUT2D eigenvalue weighted by atomic mass is 35.5. The number of carbonyl (C=O) groups excluding carboxylic acids is 1. The van der Waals surface area contributed by atoms with Gasteiger partial charge in [0.15, 0.2) is 0 Å². The summed E-state index contributed by atoms with van der Waals surface area (Å²) in [5.41, 5.74) is 5.98. The molecule has 0 aliphatic rings. The fraction of sp³-hybridized carbons (Fsp3) is 0.923. The molecule has 5 heteroatoms. The summed E-state index contributed by atoms with van der Waals surface area (Å²) >= 11 is 0. The van der Waals surface area contributed by atoms with Crippen molar-refractivity contribution in [1.29, 1.82) is 0 Å². The molecule has 4 nitrogen and oxygen atoms in total. The number of halogens is 1. The SMILES string of the molecule is CCCCN(CCOC)C(=O)C(N)C(C)CC.Cl. The first-order valence-corrected chi connectivity index (χ1v) is 6.61. The Bertz CT molecular complexity index is 207. The molecular weight excluding hydrogens is 252 g/mol. The summed E-state index contributed by atoms with van der Waals surface area (Å²) in [6.45, 7) is 8.19. The zero-order valence-electron chi connectivity index (χ0n) is 12.1. The Morgan fingerprint density at radius 3 is 2.39 bits per heavy atom. The summed E-state index contributed by atoms with van der Waals surface area (Å²) in [6.07, 6.45) is 3.02. The Labute approximate surface area is 118 Å². The number of amides is 1. The zero-order chi connectivity index (χ0) is 13.3. The van der Waals surface area contributed by atoms with Crippen molar-refractivity contribution in [2.24, 2.45) is 11.7 Å². The molecule has 18 heavy (non-hydrogen) atoms. The highest BCUT2D eigenvalue weighted by molar-refractivity contribution is 5.85. The summed E-state index contributed by atoms with van der Waals surface area (Å²) < 4.78 is 5.03. The van der Waals surface area contributed by atoms with Crippen molar-refractivity contribution < 1.29 is 9.53 Å². The fourth-order valence-electron chi connectivity index (χ4n) is 1.59. The van der Waals surface area contributed by atoms with E-state index in [0.717, 1.165) is 25.8 Å². The zero-order valence-corrected chi connectivity index (χ0v) is 13.0. The molecule has 0 aliphatic carbocycles. The van der Waals surface area contributed by atoms with Crippen LogP contribution in [0.1, 0.15) is 40.0 Å². The summed E-state index contributed by atoms with van der Waals surface area (Å²) in [7, 11) is 1.65. The lowest BCUT2D eigenvalue weighted by Gasteiger charge is -2.27. The lowest BCUT2D eigenvalue weighted by molar-refractivity contribution is -0.134. The third kappa shape index (κ3) is 7.19. The van der Waals surface area contributed by atoms with E-state index in [0.29, 0.717) is 13.2 Å². The van der Waals surface area contributed by atoms with Gasteiger partial charge < -0.3 is 15.4 Å². The third-order valence-corrected chi connectivity index (χ3v) is 3.20. The van der Waals surface area contributed by atoms with Crippen molar-refractivity contribution in [2.45, 2.75) is 46.1 Å². The van der Waals surface area contributed by atoms with Crippen molar-refractivity contribution in [3.63, 3.8) is 0 Å². The second-order valence-corrected chi connectivity index (χ2v) is 4.58. The van der Waals surface area contributed by atoms with Crippen molar-refractivity contribution in [2.75, 3.05) is 26.8 Å². The van der Waals surface area contributed by atoms with Gasteiger partial charge in [-0.05, 0) is 12.3 Å². The van der Waals surface area contributed by atoms with E-state index in [4.69, 9.17) is 10.5 Å². The molecule has 2 N–H and O–H groups in total. The molecule has 1 amide bonds. The maximum atomic E-state index is 12.2. The molecule has 0 rings (SSSR count). The van der Waals surface area contributed by atoms with Crippen LogP contribution < -0.4 is 5.73 Å². The predicted molar refractivity (Wildman–Crippen MR) is 78.0 cm³/mol. The molecule has 0 saturated heterocycles. The number of ether oxygens (including phenoxy) is 1. The Kier molecular flexibility index (Phi) is 13.1. The highest BCUT2D eigenvalue weighted by Gasteiger charge is 2.24. The number of methoxy groups -OCH3 is 1. The molecule has 0 aromatic carbocycles. The number of carbonyl (C=O) groups is 1. The van der Waals surface area contributed by atoms with Crippen LogP contribution in [0.2, 0.25) is 0 Å². The molecule has 2 unspecified atom stereocenters. The lowest BCUT2D eigenvalue weighted by Crippen LogP contribution is -2.48. The van der Waals surface area contributed by atoms with E-state index < -0.39 is 0 Å². The van der Waals surface area contributed by atoms with Gasteiger partial charge in [0.25, 0.3) is 0 Å². The average molecular weight is 281 g/mol. The van der Waals surface area contributed by atoms with Crippen LogP contribution in [0, 0.1) is 5.92 Å². The summed E-state index contributed by atoms with van der Waals surface area (Å²) in [5.74, 6) is 0.291. The Balaban J connectivity index is 0. The molecule has 0 bridgehead atoms. The van der Waals surface area contributed by atoms with Gasteiger partial charge in [-0.2, -0.15) is 0 Å². The lowest BCUT2D eigenvalue weighted by atomic mass is 9.99. The monoisotopic (exact) mass is 280 g/mol. The molecule has 2 atom stereocenters. The molecule has 0 fully saturated rings. The molecule has 0 saturated carbocycles. The summed E-state index contributed by atoms with van der Waals surface area (Å²) in [6, 6.07) is -0.381. The van der Waals surface area contributed by atoms with Gasteiger partial charge in [-0.25, -0.2) is 0 Å². The quantitative estimate of drug-likeness (QED) is 0.703. The first kappa shape index (κ1) is 20.0. The van der Waals surface area contributed by atoms with E-state index >= 15 is 0 Å². The minimum Gasteiger partial charge on any atom is -0.383 e. The number of hydrogen-bond acceptors (Lipinski definition) is 3. The van der Waals surface area contributed by atoms with Crippen LogP contribution in [0.5, 0.6) is 0 Å². The van der Waals surface area contributed by atoms with E-state index in [2.05, 4.69) is 13.8 Å². The minimum atomic E-state index is -0.381. The van der Waals surface area contributed by atoms with Gasteiger partial charge in [0, 0.05) is 20.2 Å². The normalized spacial score (nSPS) is 13.6. The Morgan fingerprint density at radius 2 is 1.94 bits per heavy atom. The van der Waals surface area contributed by atoms with Crippen LogP contribution >= 0.6 is 12.4 Å². The highest BCUT2D eigenvalue weighted by Crippen LogP contribution is 2.09. The summed E-state index contributed by atoms with van der Waals surface area (Å²) in [4.78, 5) is 14.0. The van der Waals surface area contributed by atoms with E-state index in [1.807, 2.05) is 11.8 Å². The third-order valence-electron chi connectivity index (χ3n) is 3.20. The first-order chi connectivity index (χ1) is 8.08. The van der Waals surface area contributed by atoms with Crippen LogP contribution in [0.3, 0.4) is 0 Å². The van der Waals surface area contributed by atoms with Crippen LogP contribution in [0.4, 0.5) is 0 Å². The number of unbranched alkanes of at least 4 members (excludes halogenated alkanes) is 1. The maximum Gasteiger partial charge on any atom is 0.239 e. The van der Waals surface area contributed by atoms with Gasteiger partial charge in [-0.15, -0.1) is 12.4 Å². The first-order valence-electron chi connectivity index (χ1n) is 6.61. The standard InChI is InChI=1S/C13H28N2O2.ClH/c1-5-7-8-15(9-10-17-4)13(16)12(14)11(3)6-2;/h11-12H,5-10,14H2,1-4H3;1H. The van der Waals surface area contributed by atoms with Crippen molar-refractivity contribution in [3.8, 4) is 0 Å². The van der Waals surface area contributed by atoms with Crippen LogP contribution in [-0.2, 0) is 9.53 Å². The molecule has 0 aromatic rings. The van der Waals surface area contributed by atoms with Crippen LogP contribution in [0.25, 0.3) is 0 Å². The molecule has 110 valence electrons. The molecule has 0 radical (unpaired) electrons. The molecule has 0 aliphatic heterocycles. The minimum absolute atomic E-state index is 0. The summed E-state index contributed by atoms with van der Waals surface area (Å²) in [5, 5.41) is 0. The largest absolute Gasteiger partial charge is 0.383 e. The molecule has 0 aromatic heterocycles. The fourth-order valence-corrected chi connectivity index (χ4v) is 1.59. The van der Waals surface area contributed by atoms with Crippen LogP contribution in [0.15, 0.2) is 0 Å². The number of rotatable bonds is 9. The maximum absolute atomic E-state index is 12.2. The van der Waals surface area contributed by atoms with Gasteiger partial charge in [0.2, 0.25) is 5.91 Å². The van der Waals surface area contributed by atoms with Gasteiger partial charge in [-0.3, -0.25) is 4.79 Å². The van der Waals surface area contributed by atoms with Crippen molar-refractivity contribution in [3.05, 3.63) is 0 Å². The van der Waals surface area contributed by atoms with Crippen LogP contribution in [-0.4, -0.2) is 43.7 Å². The number of nitrogens with zero attached hydrogens (tertiary/aromatic N) is 1. The Hall–Kier alpha value is -0.320. The second-order valence-electron chi connectivity index (χ2n) is 4.58. The average Bonchev–Trinajstić information content (AvgIpc) is 2.36. The van der Waals surface area contributed by atoms with Gasteiger partial charge in [-0.1, -0.05) is 33.6 Å². The van der Waals surface area contributed by atoms with E-state index in [9.17, 15) is 4.79 Å².